The third-order valence-electron chi connectivity index (χ3n) is 4.35. The molecule has 1 heterocycles. The van der Waals surface area contributed by atoms with Gasteiger partial charge in [0.25, 0.3) is 0 Å². The van der Waals surface area contributed by atoms with Gasteiger partial charge in [0.15, 0.2) is 0 Å². The average Bonchev–Trinajstić information content (AvgIpc) is 3.16. The molecule has 0 amide bonds. The minimum absolute atomic E-state index is 0.123. The molecule has 1 aromatic carbocycles. The molecule has 0 N–H and O–H groups in total. The molecule has 0 radical (unpaired) electrons. The van der Waals surface area contributed by atoms with Crippen molar-refractivity contribution >= 4 is 15.9 Å². The van der Waals surface area contributed by atoms with Crippen molar-refractivity contribution in [2.24, 2.45) is 0 Å². The molecule has 112 valence electrons. The van der Waals surface area contributed by atoms with E-state index in [-0.39, 0.29) is 11.7 Å². The summed E-state index contributed by atoms with van der Waals surface area (Å²) in [4.78, 5) is 0. The smallest absolute Gasteiger partial charge is 0.126 e. The molecular weight excluding hydrogens is 331 g/mol. The molecule has 0 aliphatic heterocycles. The van der Waals surface area contributed by atoms with Gasteiger partial charge in [-0.05, 0) is 37.0 Å². The van der Waals surface area contributed by atoms with Crippen molar-refractivity contribution in [1.82, 2.24) is 9.78 Å². The number of alkyl halides is 1. The van der Waals surface area contributed by atoms with Crippen LogP contribution in [-0.2, 0) is 6.42 Å². The van der Waals surface area contributed by atoms with Crippen molar-refractivity contribution in [3.8, 4) is 0 Å². The number of benzene rings is 1. The molecule has 4 heteroatoms. The Labute approximate surface area is 133 Å². The Morgan fingerprint density at radius 1 is 1.24 bits per heavy atom. The van der Waals surface area contributed by atoms with Crippen molar-refractivity contribution in [3.63, 3.8) is 0 Å². The van der Waals surface area contributed by atoms with Gasteiger partial charge in [-0.1, -0.05) is 47.0 Å². The zero-order chi connectivity index (χ0) is 14.7. The molecule has 1 atom stereocenters. The zero-order valence-electron chi connectivity index (χ0n) is 12.0. The van der Waals surface area contributed by atoms with E-state index in [0.29, 0.717) is 6.04 Å². The topological polar surface area (TPSA) is 17.8 Å². The Hall–Kier alpha value is -1.16. The summed E-state index contributed by atoms with van der Waals surface area (Å²) < 4.78 is 16.0. The first-order valence-corrected chi connectivity index (χ1v) is 8.74. The van der Waals surface area contributed by atoms with Crippen molar-refractivity contribution in [1.29, 1.82) is 0 Å². The monoisotopic (exact) mass is 350 g/mol. The fraction of sp³-hybridized carbons (Fsp3) is 0.471. The van der Waals surface area contributed by atoms with Crippen molar-refractivity contribution in [2.75, 3.05) is 5.33 Å². The highest BCUT2D eigenvalue weighted by atomic mass is 79.9. The van der Waals surface area contributed by atoms with E-state index in [1.54, 1.807) is 6.07 Å². The van der Waals surface area contributed by atoms with Crippen LogP contribution in [0.15, 0.2) is 36.5 Å². The summed E-state index contributed by atoms with van der Waals surface area (Å²) in [5, 5.41) is 5.45. The Balaban J connectivity index is 1.74. The maximum Gasteiger partial charge on any atom is 0.126 e. The highest BCUT2D eigenvalue weighted by molar-refractivity contribution is 9.09. The Morgan fingerprint density at radius 2 is 2.00 bits per heavy atom. The predicted molar refractivity (Wildman–Crippen MR) is 86.4 cm³/mol. The van der Waals surface area contributed by atoms with Crippen molar-refractivity contribution in [3.05, 3.63) is 53.6 Å². The van der Waals surface area contributed by atoms with Gasteiger partial charge in [0.05, 0.1) is 11.7 Å². The standard InChI is InChI=1S/C17H20BrFN2/c18-12-13(16-7-3-4-8-17(16)19)11-14-9-10-21(20-14)15-5-1-2-6-15/h3-4,7-10,13,15H,1-2,5-6,11-12H2. The molecule has 0 saturated heterocycles. The Kier molecular flexibility index (Phi) is 4.73. The largest absolute Gasteiger partial charge is 0.269 e. The van der Waals surface area contributed by atoms with Crippen LogP contribution in [0, 0.1) is 5.82 Å². The van der Waals surface area contributed by atoms with E-state index in [2.05, 4.69) is 32.9 Å². The fourth-order valence-electron chi connectivity index (χ4n) is 3.16. The van der Waals surface area contributed by atoms with Crippen LogP contribution in [0.5, 0.6) is 0 Å². The van der Waals surface area contributed by atoms with Crippen molar-refractivity contribution < 1.29 is 4.39 Å². The lowest BCUT2D eigenvalue weighted by molar-refractivity contribution is 0.461. The molecular formula is C17H20BrFN2. The molecule has 1 aromatic heterocycles. The summed E-state index contributed by atoms with van der Waals surface area (Å²) >= 11 is 3.52. The normalized spacial score (nSPS) is 17.2. The molecule has 3 rings (SSSR count). The van der Waals surface area contributed by atoms with E-state index in [4.69, 9.17) is 5.10 Å². The summed E-state index contributed by atoms with van der Waals surface area (Å²) in [7, 11) is 0. The van der Waals surface area contributed by atoms with E-state index in [0.717, 1.165) is 23.0 Å². The van der Waals surface area contributed by atoms with Crippen LogP contribution in [0.4, 0.5) is 4.39 Å². The minimum Gasteiger partial charge on any atom is -0.269 e. The molecule has 21 heavy (non-hydrogen) atoms. The van der Waals surface area contributed by atoms with Crippen LogP contribution in [0.1, 0.15) is 48.9 Å². The van der Waals surface area contributed by atoms with Gasteiger partial charge in [0.1, 0.15) is 5.82 Å². The molecule has 1 aliphatic carbocycles. The number of hydrogen-bond donors (Lipinski definition) is 0. The predicted octanol–water partition coefficient (Wildman–Crippen LogP) is 4.86. The SMILES string of the molecule is Fc1ccccc1C(CBr)Cc1ccn(C2CCCC2)n1. The van der Waals surface area contributed by atoms with Gasteiger partial charge < -0.3 is 0 Å². The summed E-state index contributed by atoms with van der Waals surface area (Å²) in [6, 6.07) is 9.67. The van der Waals surface area contributed by atoms with Gasteiger partial charge >= 0.3 is 0 Å². The van der Waals surface area contributed by atoms with Crippen molar-refractivity contribution in [2.45, 2.75) is 44.1 Å². The van der Waals surface area contributed by atoms with Gasteiger partial charge in [-0.3, -0.25) is 4.68 Å². The van der Waals surface area contributed by atoms with Crippen LogP contribution < -0.4 is 0 Å². The van der Waals surface area contributed by atoms with Crippen LogP contribution in [-0.4, -0.2) is 15.1 Å². The Bertz CT molecular complexity index is 590. The highest BCUT2D eigenvalue weighted by Gasteiger charge is 2.20. The summed E-state index contributed by atoms with van der Waals surface area (Å²) in [6.45, 7) is 0. The average molecular weight is 351 g/mol. The highest BCUT2D eigenvalue weighted by Crippen LogP contribution is 2.30. The molecule has 1 unspecified atom stereocenters. The minimum atomic E-state index is -0.128. The molecule has 0 bridgehead atoms. The molecule has 1 aliphatic rings. The first-order valence-electron chi connectivity index (χ1n) is 7.62. The molecule has 2 aromatic rings. The number of nitrogens with zero attached hydrogens (tertiary/aromatic N) is 2. The molecule has 1 saturated carbocycles. The first kappa shape index (κ1) is 14.8. The second-order valence-electron chi connectivity index (χ2n) is 5.80. The molecule has 1 fully saturated rings. The lowest BCUT2D eigenvalue weighted by Gasteiger charge is -2.14. The number of rotatable bonds is 5. The van der Waals surface area contributed by atoms with Crippen LogP contribution in [0.3, 0.4) is 0 Å². The second-order valence-corrected chi connectivity index (χ2v) is 6.45. The summed E-state index contributed by atoms with van der Waals surface area (Å²) in [5.41, 5.74) is 1.82. The lowest BCUT2D eigenvalue weighted by Crippen LogP contribution is -2.09. The van der Waals surface area contributed by atoms with Gasteiger partial charge in [-0.25, -0.2) is 4.39 Å². The third kappa shape index (κ3) is 3.37. The van der Waals surface area contributed by atoms with E-state index in [9.17, 15) is 4.39 Å². The van der Waals surface area contributed by atoms with Gasteiger partial charge in [-0.2, -0.15) is 5.10 Å². The van der Waals surface area contributed by atoms with Crippen LogP contribution >= 0.6 is 15.9 Å². The van der Waals surface area contributed by atoms with E-state index < -0.39 is 0 Å². The number of hydrogen-bond acceptors (Lipinski definition) is 1. The van der Waals surface area contributed by atoms with E-state index in [1.807, 2.05) is 12.1 Å². The second kappa shape index (κ2) is 6.73. The lowest BCUT2D eigenvalue weighted by atomic mass is 9.96. The first-order chi connectivity index (χ1) is 10.3. The van der Waals surface area contributed by atoms with Gasteiger partial charge in [-0.15, -0.1) is 0 Å². The fourth-order valence-corrected chi connectivity index (χ4v) is 3.74. The quantitative estimate of drug-likeness (QED) is 0.704. The Morgan fingerprint density at radius 3 is 2.71 bits per heavy atom. The third-order valence-corrected chi connectivity index (χ3v) is 5.13. The maximum absolute atomic E-state index is 13.9. The zero-order valence-corrected chi connectivity index (χ0v) is 13.6. The number of halogens is 2. The van der Waals surface area contributed by atoms with E-state index in [1.165, 1.54) is 31.7 Å². The summed E-state index contributed by atoms with van der Waals surface area (Å²) in [5.74, 6) is -0.00435. The van der Waals surface area contributed by atoms with Gasteiger partial charge in [0, 0.05) is 17.4 Å². The van der Waals surface area contributed by atoms with Crippen LogP contribution in [0.2, 0.25) is 0 Å². The molecule has 2 nitrogen and oxygen atoms in total. The van der Waals surface area contributed by atoms with Gasteiger partial charge in [0.2, 0.25) is 0 Å². The summed E-state index contributed by atoms with van der Waals surface area (Å²) in [6.07, 6.45) is 7.93. The molecule has 0 spiro atoms. The maximum atomic E-state index is 13.9. The number of aromatic nitrogens is 2. The van der Waals surface area contributed by atoms with E-state index >= 15 is 0 Å². The van der Waals surface area contributed by atoms with Crippen LogP contribution in [0.25, 0.3) is 0 Å².